The normalized spacial score (nSPS) is 15.2. The zero-order valence-corrected chi connectivity index (χ0v) is 13.0. The number of fused-ring (bicyclic) bond motifs is 1. The van der Waals surface area contributed by atoms with Crippen LogP contribution in [-0.4, -0.2) is 14.9 Å². The van der Waals surface area contributed by atoms with Gasteiger partial charge in [-0.05, 0) is 30.5 Å². The van der Waals surface area contributed by atoms with E-state index in [4.69, 9.17) is 16.3 Å². The molecule has 2 aromatic rings. The molecule has 5 heteroatoms. The number of aryl methyl sites for hydroxylation is 2. The zero-order chi connectivity index (χ0) is 15.0. The van der Waals surface area contributed by atoms with E-state index in [9.17, 15) is 5.11 Å². The van der Waals surface area contributed by atoms with E-state index in [1.54, 1.807) is 0 Å². The van der Waals surface area contributed by atoms with Crippen molar-refractivity contribution in [3.63, 3.8) is 0 Å². The summed E-state index contributed by atoms with van der Waals surface area (Å²) in [7, 11) is 0. The van der Waals surface area contributed by atoms with Gasteiger partial charge in [-0.25, -0.2) is 0 Å². The number of rotatable bonds is 4. The number of halogens is 1. The highest BCUT2D eigenvalue weighted by molar-refractivity contribution is 6.31. The summed E-state index contributed by atoms with van der Waals surface area (Å²) >= 11 is 6.30. The average molecular weight is 307 g/mol. The fraction of sp³-hybridized carbons (Fsp3) is 0.438. The van der Waals surface area contributed by atoms with Gasteiger partial charge in [-0.3, -0.25) is 4.68 Å². The number of hydrogen-bond acceptors (Lipinski definition) is 3. The van der Waals surface area contributed by atoms with Gasteiger partial charge in [0.2, 0.25) is 0 Å². The van der Waals surface area contributed by atoms with Crippen LogP contribution in [0.2, 0.25) is 5.02 Å². The van der Waals surface area contributed by atoms with Gasteiger partial charge >= 0.3 is 0 Å². The highest BCUT2D eigenvalue weighted by atomic mass is 35.5. The number of aromatic nitrogens is 2. The first-order valence-corrected chi connectivity index (χ1v) is 7.57. The Morgan fingerprint density at radius 1 is 1.38 bits per heavy atom. The molecule has 0 saturated carbocycles. The lowest BCUT2D eigenvalue weighted by atomic mass is 10.00. The predicted octanol–water partition coefficient (Wildman–Crippen LogP) is 3.17. The molecule has 0 spiro atoms. The third kappa shape index (κ3) is 2.71. The van der Waals surface area contributed by atoms with E-state index < -0.39 is 6.10 Å². The minimum Gasteiger partial charge on any atom is -0.388 e. The summed E-state index contributed by atoms with van der Waals surface area (Å²) in [6.45, 7) is 5.94. The van der Waals surface area contributed by atoms with Crippen molar-refractivity contribution in [2.75, 3.05) is 0 Å². The maximum atomic E-state index is 10.5. The number of nitrogens with zero attached hydrogens (tertiary/aromatic N) is 2. The molecule has 1 aromatic heterocycles. The Morgan fingerprint density at radius 3 is 2.90 bits per heavy atom. The van der Waals surface area contributed by atoms with Crippen LogP contribution >= 0.6 is 11.6 Å². The molecule has 0 saturated heterocycles. The third-order valence-corrected chi connectivity index (χ3v) is 4.46. The van der Waals surface area contributed by atoms with Gasteiger partial charge in [-0.2, -0.15) is 5.10 Å². The van der Waals surface area contributed by atoms with Crippen LogP contribution in [0.15, 0.2) is 18.2 Å². The Bertz CT molecular complexity index is 667. The second-order valence-corrected chi connectivity index (χ2v) is 5.78. The van der Waals surface area contributed by atoms with Gasteiger partial charge in [0.05, 0.1) is 35.7 Å². The quantitative estimate of drug-likeness (QED) is 0.944. The van der Waals surface area contributed by atoms with Gasteiger partial charge in [0.25, 0.3) is 0 Å². The molecule has 0 aliphatic carbocycles. The Morgan fingerprint density at radius 2 is 2.14 bits per heavy atom. The molecule has 0 radical (unpaired) electrons. The topological polar surface area (TPSA) is 47.3 Å². The van der Waals surface area contributed by atoms with Crippen molar-refractivity contribution in [1.29, 1.82) is 0 Å². The van der Waals surface area contributed by atoms with E-state index in [1.807, 2.05) is 36.7 Å². The molecule has 1 aliphatic heterocycles. The van der Waals surface area contributed by atoms with E-state index in [1.165, 1.54) is 5.56 Å². The molecule has 1 unspecified atom stereocenters. The molecular weight excluding hydrogens is 288 g/mol. The molecular formula is C16H19ClN2O2. The lowest BCUT2D eigenvalue weighted by Gasteiger charge is -2.13. The van der Waals surface area contributed by atoms with Crippen molar-refractivity contribution in [1.82, 2.24) is 9.78 Å². The minimum atomic E-state index is -0.588. The molecule has 1 atom stereocenters. The monoisotopic (exact) mass is 306 g/mol. The second kappa shape index (κ2) is 5.79. The second-order valence-electron chi connectivity index (χ2n) is 5.40. The van der Waals surface area contributed by atoms with Crippen molar-refractivity contribution in [3.8, 4) is 0 Å². The minimum absolute atomic E-state index is 0.465. The molecule has 0 fully saturated rings. The van der Waals surface area contributed by atoms with Crippen LogP contribution in [0.1, 0.15) is 41.1 Å². The van der Waals surface area contributed by atoms with Gasteiger partial charge in [-0.15, -0.1) is 0 Å². The standard InChI is InChI=1S/C16H19ClN2O2/c1-3-19-14(16(17)10(2)18-19)7-15(20)11-4-5-12-8-21-9-13(12)6-11/h4-6,15,20H,3,7-9H2,1-2H3. The molecule has 1 N–H and O–H groups in total. The molecule has 21 heavy (non-hydrogen) atoms. The van der Waals surface area contributed by atoms with Gasteiger partial charge in [0, 0.05) is 13.0 Å². The van der Waals surface area contributed by atoms with Crippen LogP contribution in [0.5, 0.6) is 0 Å². The number of ether oxygens (including phenoxy) is 1. The van der Waals surface area contributed by atoms with Crippen molar-refractivity contribution >= 4 is 11.6 Å². The number of benzene rings is 1. The summed E-state index contributed by atoms with van der Waals surface area (Å²) < 4.78 is 7.27. The summed E-state index contributed by atoms with van der Waals surface area (Å²) in [5.74, 6) is 0. The van der Waals surface area contributed by atoms with Crippen LogP contribution in [0.4, 0.5) is 0 Å². The predicted molar refractivity (Wildman–Crippen MR) is 81.2 cm³/mol. The summed E-state index contributed by atoms with van der Waals surface area (Å²) in [6.07, 6.45) is -0.123. The van der Waals surface area contributed by atoms with E-state index in [0.717, 1.165) is 29.1 Å². The maximum Gasteiger partial charge on any atom is 0.0848 e. The van der Waals surface area contributed by atoms with Crippen LogP contribution in [-0.2, 0) is 30.9 Å². The molecule has 0 amide bonds. The van der Waals surface area contributed by atoms with Gasteiger partial charge in [-0.1, -0.05) is 29.8 Å². The molecule has 2 heterocycles. The lowest BCUT2D eigenvalue weighted by molar-refractivity contribution is 0.134. The molecule has 0 bridgehead atoms. The van der Waals surface area contributed by atoms with Gasteiger partial charge < -0.3 is 9.84 Å². The summed E-state index contributed by atoms with van der Waals surface area (Å²) in [6, 6.07) is 6.02. The fourth-order valence-corrected chi connectivity index (χ4v) is 2.98. The number of aliphatic hydroxyl groups excluding tert-OH is 1. The number of aliphatic hydroxyl groups is 1. The average Bonchev–Trinajstić information content (AvgIpc) is 3.05. The summed E-state index contributed by atoms with van der Waals surface area (Å²) in [4.78, 5) is 0. The molecule has 3 rings (SSSR count). The molecule has 4 nitrogen and oxygen atoms in total. The zero-order valence-electron chi connectivity index (χ0n) is 12.3. The Balaban J connectivity index is 1.85. The third-order valence-electron chi connectivity index (χ3n) is 3.97. The molecule has 112 valence electrons. The van der Waals surface area contributed by atoms with Gasteiger partial charge in [0.15, 0.2) is 0 Å². The highest BCUT2D eigenvalue weighted by Gasteiger charge is 2.19. The first-order valence-electron chi connectivity index (χ1n) is 7.19. The van der Waals surface area contributed by atoms with Crippen LogP contribution in [0, 0.1) is 6.92 Å². The van der Waals surface area contributed by atoms with Crippen LogP contribution < -0.4 is 0 Å². The fourth-order valence-electron chi connectivity index (χ4n) is 2.76. The Labute approximate surface area is 129 Å². The Kier molecular flexibility index (Phi) is 4.02. The smallest absolute Gasteiger partial charge is 0.0848 e. The summed E-state index contributed by atoms with van der Waals surface area (Å²) in [5, 5.41) is 15.6. The highest BCUT2D eigenvalue weighted by Crippen LogP contribution is 2.28. The van der Waals surface area contributed by atoms with Crippen molar-refractivity contribution in [2.45, 2.75) is 46.1 Å². The SMILES string of the molecule is CCn1nc(C)c(Cl)c1CC(O)c1ccc2c(c1)COC2. The van der Waals surface area contributed by atoms with E-state index in [0.29, 0.717) is 24.7 Å². The van der Waals surface area contributed by atoms with E-state index in [2.05, 4.69) is 5.10 Å². The first-order chi connectivity index (χ1) is 10.1. The van der Waals surface area contributed by atoms with Crippen molar-refractivity contribution in [3.05, 3.63) is 51.3 Å². The Hall–Kier alpha value is -1.36. The van der Waals surface area contributed by atoms with Gasteiger partial charge in [0.1, 0.15) is 0 Å². The maximum absolute atomic E-state index is 10.5. The number of hydrogen-bond donors (Lipinski definition) is 1. The van der Waals surface area contributed by atoms with Crippen LogP contribution in [0.25, 0.3) is 0 Å². The first kappa shape index (κ1) is 14.6. The lowest BCUT2D eigenvalue weighted by Crippen LogP contribution is -2.09. The van der Waals surface area contributed by atoms with Crippen molar-refractivity contribution < 1.29 is 9.84 Å². The van der Waals surface area contributed by atoms with Crippen LogP contribution in [0.3, 0.4) is 0 Å². The van der Waals surface area contributed by atoms with E-state index in [-0.39, 0.29) is 0 Å². The molecule has 1 aromatic carbocycles. The van der Waals surface area contributed by atoms with E-state index >= 15 is 0 Å². The largest absolute Gasteiger partial charge is 0.388 e. The van der Waals surface area contributed by atoms with Crippen molar-refractivity contribution in [2.24, 2.45) is 0 Å². The molecule has 1 aliphatic rings. The summed E-state index contributed by atoms with van der Waals surface area (Å²) in [5.41, 5.74) is 4.97.